The zero-order chi connectivity index (χ0) is 9.84. The molecule has 72 valence electrons. The van der Waals surface area contributed by atoms with Crippen LogP contribution in [0.2, 0.25) is 0 Å². The Morgan fingerprint density at radius 1 is 1.23 bits per heavy atom. The molecule has 0 aromatic heterocycles. The van der Waals surface area contributed by atoms with E-state index in [9.17, 15) is 5.11 Å². The van der Waals surface area contributed by atoms with Gasteiger partial charge in [0.15, 0.2) is 0 Å². The van der Waals surface area contributed by atoms with Crippen molar-refractivity contribution in [2.45, 2.75) is 26.7 Å². The fraction of sp³-hybridized carbons (Fsp3) is 0.500. The van der Waals surface area contributed by atoms with Crippen molar-refractivity contribution >= 4 is 0 Å². The van der Waals surface area contributed by atoms with Gasteiger partial charge in [-0.3, -0.25) is 0 Å². The van der Waals surface area contributed by atoms with Crippen molar-refractivity contribution in [2.24, 2.45) is 5.92 Å². The molecule has 0 spiro atoms. The Morgan fingerprint density at radius 3 is 2.31 bits per heavy atom. The van der Waals surface area contributed by atoms with Crippen LogP contribution in [0.3, 0.4) is 0 Å². The fourth-order valence-electron chi connectivity index (χ4n) is 1.67. The highest BCUT2D eigenvalue weighted by Gasteiger charge is 2.15. The third-order valence-electron chi connectivity index (χ3n) is 2.59. The summed E-state index contributed by atoms with van der Waals surface area (Å²) >= 11 is 0. The van der Waals surface area contributed by atoms with Gasteiger partial charge in [0.05, 0.1) is 6.61 Å². The van der Waals surface area contributed by atoms with Crippen LogP contribution in [0.4, 0.5) is 0 Å². The lowest BCUT2D eigenvalue weighted by atomic mass is 9.87. The predicted molar refractivity (Wildman–Crippen MR) is 55.8 cm³/mol. The predicted octanol–water partition coefficient (Wildman–Crippen LogP) is 2.73. The van der Waals surface area contributed by atoms with Gasteiger partial charge in [0.25, 0.3) is 0 Å². The van der Waals surface area contributed by atoms with E-state index in [0.717, 1.165) is 0 Å². The molecule has 1 unspecified atom stereocenters. The highest BCUT2D eigenvalue weighted by molar-refractivity contribution is 5.29. The Balaban J connectivity index is 2.97. The van der Waals surface area contributed by atoms with Crippen LogP contribution in [0.15, 0.2) is 24.3 Å². The van der Waals surface area contributed by atoms with E-state index in [1.807, 2.05) is 12.1 Å². The summed E-state index contributed by atoms with van der Waals surface area (Å²) in [5.41, 5.74) is 2.55. The van der Waals surface area contributed by atoms with E-state index in [-0.39, 0.29) is 12.5 Å². The lowest BCUT2D eigenvalue weighted by molar-refractivity contribution is 0.237. The van der Waals surface area contributed by atoms with Gasteiger partial charge in [-0.1, -0.05) is 38.1 Å². The second-order valence-corrected chi connectivity index (χ2v) is 3.89. The van der Waals surface area contributed by atoms with Crippen molar-refractivity contribution in [1.82, 2.24) is 0 Å². The minimum absolute atomic E-state index is 0.239. The fourth-order valence-corrected chi connectivity index (χ4v) is 1.67. The molecule has 1 aromatic rings. The highest BCUT2D eigenvalue weighted by atomic mass is 16.3. The summed E-state index contributed by atoms with van der Waals surface area (Å²) in [5.74, 6) is 0.771. The van der Waals surface area contributed by atoms with Gasteiger partial charge in [0.2, 0.25) is 0 Å². The third kappa shape index (κ3) is 2.31. The monoisotopic (exact) mass is 178 g/mol. The Labute approximate surface area is 80.4 Å². The summed E-state index contributed by atoms with van der Waals surface area (Å²) in [4.78, 5) is 0. The Morgan fingerprint density at radius 2 is 1.85 bits per heavy atom. The maximum Gasteiger partial charge on any atom is 0.0502 e. The second kappa shape index (κ2) is 4.43. The standard InChI is InChI=1S/C12H18O/c1-9(2)12(8-13)11-7-5-4-6-10(11)3/h4-7,9,12-13H,8H2,1-3H3. The molecule has 0 saturated carbocycles. The molecule has 0 bridgehead atoms. The van der Waals surface area contributed by atoms with Crippen molar-refractivity contribution in [2.75, 3.05) is 6.61 Å². The number of hydrogen-bond donors (Lipinski definition) is 1. The third-order valence-corrected chi connectivity index (χ3v) is 2.59. The Kier molecular flexibility index (Phi) is 3.49. The van der Waals surface area contributed by atoms with Gasteiger partial charge in [0.1, 0.15) is 0 Å². The lowest BCUT2D eigenvalue weighted by Gasteiger charge is -2.20. The van der Waals surface area contributed by atoms with E-state index in [1.54, 1.807) is 0 Å². The zero-order valence-corrected chi connectivity index (χ0v) is 8.62. The first kappa shape index (κ1) is 10.3. The van der Waals surface area contributed by atoms with Gasteiger partial charge < -0.3 is 5.11 Å². The van der Waals surface area contributed by atoms with Crippen molar-refractivity contribution in [3.05, 3.63) is 35.4 Å². The number of aliphatic hydroxyl groups excluding tert-OH is 1. The molecule has 13 heavy (non-hydrogen) atoms. The summed E-state index contributed by atoms with van der Waals surface area (Å²) in [6.45, 7) is 6.63. The number of hydrogen-bond acceptors (Lipinski definition) is 1. The number of rotatable bonds is 3. The van der Waals surface area contributed by atoms with Crippen molar-refractivity contribution in [3.8, 4) is 0 Å². The number of benzene rings is 1. The Hall–Kier alpha value is -0.820. The van der Waals surface area contributed by atoms with Gasteiger partial charge >= 0.3 is 0 Å². The number of aryl methyl sites for hydroxylation is 1. The molecule has 0 aliphatic heterocycles. The van der Waals surface area contributed by atoms with Gasteiger partial charge in [-0.25, -0.2) is 0 Å². The topological polar surface area (TPSA) is 20.2 Å². The van der Waals surface area contributed by atoms with E-state index < -0.39 is 0 Å². The number of aliphatic hydroxyl groups is 1. The molecule has 1 N–H and O–H groups in total. The van der Waals surface area contributed by atoms with Gasteiger partial charge in [-0.2, -0.15) is 0 Å². The molecule has 0 fully saturated rings. The van der Waals surface area contributed by atoms with E-state index in [4.69, 9.17) is 0 Å². The molecule has 1 rings (SSSR count). The first-order chi connectivity index (χ1) is 6.16. The van der Waals surface area contributed by atoms with E-state index in [1.165, 1.54) is 11.1 Å². The maximum absolute atomic E-state index is 9.27. The minimum atomic E-state index is 0.239. The van der Waals surface area contributed by atoms with Gasteiger partial charge in [-0.05, 0) is 24.0 Å². The van der Waals surface area contributed by atoms with Crippen LogP contribution >= 0.6 is 0 Å². The molecule has 0 heterocycles. The van der Waals surface area contributed by atoms with Gasteiger partial charge in [0, 0.05) is 5.92 Å². The summed E-state index contributed by atoms with van der Waals surface area (Å²) in [7, 11) is 0. The molecule has 1 aromatic carbocycles. The summed E-state index contributed by atoms with van der Waals surface area (Å²) in [6.07, 6.45) is 0. The van der Waals surface area contributed by atoms with Gasteiger partial charge in [-0.15, -0.1) is 0 Å². The smallest absolute Gasteiger partial charge is 0.0502 e. The van der Waals surface area contributed by atoms with Crippen LogP contribution < -0.4 is 0 Å². The normalized spacial score (nSPS) is 13.3. The molecular weight excluding hydrogens is 160 g/mol. The average molecular weight is 178 g/mol. The van der Waals surface area contributed by atoms with Crippen LogP contribution in [-0.4, -0.2) is 11.7 Å². The zero-order valence-electron chi connectivity index (χ0n) is 8.62. The molecule has 0 radical (unpaired) electrons. The SMILES string of the molecule is Cc1ccccc1C(CO)C(C)C. The van der Waals surface area contributed by atoms with Crippen LogP contribution in [0, 0.1) is 12.8 Å². The average Bonchev–Trinajstić information content (AvgIpc) is 2.09. The van der Waals surface area contributed by atoms with E-state index in [0.29, 0.717) is 5.92 Å². The second-order valence-electron chi connectivity index (χ2n) is 3.89. The first-order valence-electron chi connectivity index (χ1n) is 4.83. The molecule has 0 aliphatic rings. The van der Waals surface area contributed by atoms with Crippen molar-refractivity contribution in [1.29, 1.82) is 0 Å². The van der Waals surface area contributed by atoms with E-state index in [2.05, 4.69) is 32.9 Å². The van der Waals surface area contributed by atoms with Crippen LogP contribution in [0.5, 0.6) is 0 Å². The van der Waals surface area contributed by atoms with Crippen LogP contribution in [-0.2, 0) is 0 Å². The van der Waals surface area contributed by atoms with E-state index >= 15 is 0 Å². The van der Waals surface area contributed by atoms with Crippen LogP contribution in [0.25, 0.3) is 0 Å². The first-order valence-corrected chi connectivity index (χ1v) is 4.83. The lowest BCUT2D eigenvalue weighted by Crippen LogP contribution is -2.12. The quantitative estimate of drug-likeness (QED) is 0.754. The summed E-state index contributed by atoms with van der Waals surface area (Å²) in [5, 5.41) is 9.27. The maximum atomic E-state index is 9.27. The molecular formula is C12H18O. The largest absolute Gasteiger partial charge is 0.396 e. The molecule has 0 amide bonds. The highest BCUT2D eigenvalue weighted by Crippen LogP contribution is 2.26. The molecule has 0 saturated heterocycles. The summed E-state index contributed by atoms with van der Waals surface area (Å²) < 4.78 is 0. The van der Waals surface area contributed by atoms with Crippen molar-refractivity contribution < 1.29 is 5.11 Å². The molecule has 1 nitrogen and oxygen atoms in total. The van der Waals surface area contributed by atoms with Crippen molar-refractivity contribution in [3.63, 3.8) is 0 Å². The molecule has 1 heteroatoms. The Bertz CT molecular complexity index is 266. The minimum Gasteiger partial charge on any atom is -0.396 e. The molecule has 0 aliphatic carbocycles. The summed E-state index contributed by atoms with van der Waals surface area (Å²) in [6, 6.07) is 8.28. The van der Waals surface area contributed by atoms with Crippen LogP contribution in [0.1, 0.15) is 30.9 Å². The molecule has 1 atom stereocenters.